The molecule has 0 N–H and O–H groups in total. The first-order valence-electron chi connectivity index (χ1n) is 9.09. The van der Waals surface area contributed by atoms with E-state index in [0.29, 0.717) is 16.8 Å². The summed E-state index contributed by atoms with van der Waals surface area (Å²) in [7, 11) is 1.46. The summed E-state index contributed by atoms with van der Waals surface area (Å²) < 4.78 is 5.20. The zero-order valence-electron chi connectivity index (χ0n) is 15.8. The summed E-state index contributed by atoms with van der Waals surface area (Å²) in [5.74, 6) is -0.772. The molecule has 0 unspecified atom stereocenters. The van der Waals surface area contributed by atoms with E-state index in [-0.39, 0.29) is 24.5 Å². The lowest BCUT2D eigenvalue weighted by atomic mass is 9.53. The number of nitrogens with zero attached hydrogens (tertiary/aromatic N) is 3. The Morgan fingerprint density at radius 3 is 2.34 bits per heavy atom. The Balaban J connectivity index is 2.07. The van der Waals surface area contributed by atoms with Gasteiger partial charge in [-0.15, -0.1) is 0 Å². The molecule has 1 atom stereocenters. The van der Waals surface area contributed by atoms with Crippen molar-refractivity contribution in [2.24, 2.45) is 5.41 Å². The highest BCUT2D eigenvalue weighted by molar-refractivity contribution is 6.17. The Morgan fingerprint density at radius 2 is 1.69 bits per heavy atom. The molecule has 6 nitrogen and oxygen atoms in total. The lowest BCUT2D eigenvalue weighted by Gasteiger charge is -2.42. The predicted molar refractivity (Wildman–Crippen MR) is 105 cm³/mol. The minimum absolute atomic E-state index is 0.0386. The second-order valence-corrected chi connectivity index (χ2v) is 7.11. The van der Waals surface area contributed by atoms with Crippen LogP contribution in [-0.4, -0.2) is 25.5 Å². The fourth-order valence-corrected chi connectivity index (χ4v) is 4.51. The topological polar surface area (TPSA) is 94.2 Å². The number of amides is 1. The minimum Gasteiger partial charge on any atom is -0.364 e. The summed E-state index contributed by atoms with van der Waals surface area (Å²) in [6, 6.07) is 20.1. The Morgan fingerprint density at radius 1 is 1.03 bits per heavy atom. The van der Waals surface area contributed by atoms with E-state index in [2.05, 4.69) is 12.1 Å². The average molecular weight is 383 g/mol. The molecule has 1 spiro atoms. The van der Waals surface area contributed by atoms with E-state index in [1.54, 1.807) is 54.6 Å². The molecule has 29 heavy (non-hydrogen) atoms. The molecule has 2 aromatic rings. The van der Waals surface area contributed by atoms with E-state index in [1.165, 1.54) is 18.1 Å². The van der Waals surface area contributed by atoms with Crippen LogP contribution in [0.5, 0.6) is 0 Å². The first kappa shape index (κ1) is 18.6. The largest absolute Gasteiger partial charge is 0.364 e. The van der Waals surface area contributed by atoms with Crippen LogP contribution in [-0.2, 0) is 19.7 Å². The van der Waals surface area contributed by atoms with Crippen molar-refractivity contribution in [2.75, 3.05) is 18.7 Å². The fourth-order valence-electron chi connectivity index (χ4n) is 4.51. The number of carbonyl (C=O) groups is 2. The normalized spacial score (nSPS) is 22.0. The summed E-state index contributed by atoms with van der Waals surface area (Å²) in [5.41, 5.74) is -1.63. The number of allylic oxidation sites excluding steroid dienone is 2. The van der Waals surface area contributed by atoms with E-state index in [4.69, 9.17) is 4.74 Å². The molecule has 0 bridgehead atoms. The van der Waals surface area contributed by atoms with Crippen LogP contribution in [0.4, 0.5) is 5.69 Å². The van der Waals surface area contributed by atoms with Gasteiger partial charge in [-0.1, -0.05) is 48.5 Å². The third-order valence-corrected chi connectivity index (χ3v) is 5.73. The molecule has 1 heterocycles. The van der Waals surface area contributed by atoms with Crippen LogP contribution in [0.3, 0.4) is 0 Å². The zero-order chi connectivity index (χ0) is 20.6. The first-order valence-corrected chi connectivity index (χ1v) is 9.09. The third kappa shape index (κ3) is 2.30. The van der Waals surface area contributed by atoms with E-state index >= 15 is 0 Å². The number of benzene rings is 2. The molecule has 4 rings (SSSR count). The molecule has 1 aliphatic carbocycles. The van der Waals surface area contributed by atoms with Gasteiger partial charge in [-0.2, -0.15) is 10.5 Å². The number of anilines is 1. The molecule has 2 aliphatic rings. The Hall–Kier alpha value is -3.74. The maximum absolute atomic E-state index is 13.7. The second-order valence-electron chi connectivity index (χ2n) is 7.11. The molecule has 0 saturated carbocycles. The first-order chi connectivity index (χ1) is 14.1. The quantitative estimate of drug-likeness (QED) is 0.812. The highest BCUT2D eigenvalue weighted by Gasteiger charge is 2.68. The van der Waals surface area contributed by atoms with Gasteiger partial charge in [0.15, 0.2) is 11.2 Å². The van der Waals surface area contributed by atoms with Gasteiger partial charge in [0.25, 0.3) is 0 Å². The van der Waals surface area contributed by atoms with E-state index in [9.17, 15) is 20.1 Å². The van der Waals surface area contributed by atoms with Crippen molar-refractivity contribution < 1.29 is 14.3 Å². The molecular weight excluding hydrogens is 366 g/mol. The van der Waals surface area contributed by atoms with Gasteiger partial charge in [0.1, 0.15) is 12.1 Å². The number of carbonyl (C=O) groups excluding carboxylic acids is 2. The number of hydrogen-bond donors (Lipinski definition) is 0. The van der Waals surface area contributed by atoms with Crippen molar-refractivity contribution in [1.29, 1.82) is 10.5 Å². The van der Waals surface area contributed by atoms with Gasteiger partial charge in [0.05, 0.1) is 17.8 Å². The van der Waals surface area contributed by atoms with Gasteiger partial charge in [0.2, 0.25) is 5.91 Å². The number of methoxy groups -OCH3 is 1. The molecule has 2 aromatic carbocycles. The average Bonchev–Trinajstić information content (AvgIpc) is 2.98. The summed E-state index contributed by atoms with van der Waals surface area (Å²) in [4.78, 5) is 28.0. The lowest BCUT2D eigenvalue weighted by molar-refractivity contribution is -0.130. The van der Waals surface area contributed by atoms with E-state index in [0.717, 1.165) is 0 Å². The highest BCUT2D eigenvalue weighted by atomic mass is 16.5. The third-order valence-electron chi connectivity index (χ3n) is 5.73. The summed E-state index contributed by atoms with van der Waals surface area (Å²) in [5, 5.41) is 20.6. The zero-order valence-corrected chi connectivity index (χ0v) is 15.8. The van der Waals surface area contributed by atoms with Gasteiger partial charge in [0, 0.05) is 13.5 Å². The molecule has 0 fully saturated rings. The maximum atomic E-state index is 13.7. The number of fused-ring (bicyclic) bond motifs is 2. The Labute approximate surface area is 168 Å². The molecule has 142 valence electrons. The van der Waals surface area contributed by atoms with Crippen LogP contribution < -0.4 is 4.90 Å². The van der Waals surface area contributed by atoms with E-state index < -0.39 is 16.7 Å². The van der Waals surface area contributed by atoms with Gasteiger partial charge in [-0.25, -0.2) is 0 Å². The summed E-state index contributed by atoms with van der Waals surface area (Å²) >= 11 is 0. The molecular formula is C23H17N3O3. The van der Waals surface area contributed by atoms with Crippen LogP contribution in [0.1, 0.15) is 17.5 Å². The summed E-state index contributed by atoms with van der Waals surface area (Å²) in [6.07, 6.45) is 1.09. The van der Waals surface area contributed by atoms with Crippen molar-refractivity contribution in [1.82, 2.24) is 0 Å². The fraction of sp³-hybridized carbons (Fsp3) is 0.217. The van der Waals surface area contributed by atoms with Crippen LogP contribution >= 0.6 is 0 Å². The van der Waals surface area contributed by atoms with Crippen molar-refractivity contribution in [3.63, 3.8) is 0 Å². The molecule has 6 heteroatoms. The predicted octanol–water partition coefficient (Wildman–Crippen LogP) is 2.96. The molecule has 1 aliphatic heterocycles. The smallest absolute Gasteiger partial charge is 0.243 e. The van der Waals surface area contributed by atoms with E-state index in [1.807, 2.05) is 0 Å². The minimum atomic E-state index is -1.86. The number of ketones is 1. The Bertz CT molecular complexity index is 1110. The molecule has 1 amide bonds. The van der Waals surface area contributed by atoms with Crippen molar-refractivity contribution >= 4 is 23.0 Å². The van der Waals surface area contributed by atoms with Crippen molar-refractivity contribution in [3.05, 3.63) is 71.8 Å². The SMILES string of the molecule is COCN1C(=O)[C@]2(CC(=O)C=C(c3ccccc3)C2(C#N)C#N)c2ccccc21. The molecule has 0 aromatic heterocycles. The molecule has 0 radical (unpaired) electrons. The monoisotopic (exact) mass is 383 g/mol. The van der Waals surface area contributed by atoms with Crippen LogP contribution in [0.25, 0.3) is 5.57 Å². The van der Waals surface area contributed by atoms with Crippen molar-refractivity contribution in [3.8, 4) is 12.1 Å². The van der Waals surface area contributed by atoms with Gasteiger partial charge in [-0.05, 0) is 28.8 Å². The lowest BCUT2D eigenvalue weighted by Crippen LogP contribution is -2.55. The second kappa shape index (κ2) is 6.70. The number of hydrogen-bond acceptors (Lipinski definition) is 5. The number of rotatable bonds is 3. The van der Waals surface area contributed by atoms with Crippen LogP contribution in [0.2, 0.25) is 0 Å². The number of ether oxygens (including phenoxy) is 1. The van der Waals surface area contributed by atoms with Gasteiger partial charge in [-0.3, -0.25) is 14.5 Å². The van der Waals surface area contributed by atoms with Crippen molar-refractivity contribution in [2.45, 2.75) is 11.8 Å². The number of para-hydroxylation sites is 1. The highest BCUT2D eigenvalue weighted by Crippen LogP contribution is 2.60. The van der Waals surface area contributed by atoms with Crippen LogP contribution in [0.15, 0.2) is 60.7 Å². The standard InChI is InChI=1S/C23H17N3O3/c1-29-15-26-20-10-6-5-9-18(20)23(21(26)28)12-17(27)11-19(22(23,13-24)14-25)16-7-3-2-4-8-16/h2-11H,12,15H2,1H3/t23-/m0/s1. The molecule has 0 saturated heterocycles. The summed E-state index contributed by atoms with van der Waals surface area (Å²) in [6.45, 7) is -0.0386. The number of nitriles is 2. The maximum Gasteiger partial charge on any atom is 0.243 e. The Kier molecular flexibility index (Phi) is 4.30. The van der Waals surface area contributed by atoms with Gasteiger partial charge >= 0.3 is 0 Å². The van der Waals surface area contributed by atoms with Crippen LogP contribution in [0, 0.1) is 28.1 Å². The van der Waals surface area contributed by atoms with Gasteiger partial charge < -0.3 is 4.74 Å².